The van der Waals surface area contributed by atoms with Crippen molar-refractivity contribution in [3.63, 3.8) is 0 Å². The van der Waals surface area contributed by atoms with Gasteiger partial charge >= 0.3 is 6.18 Å². The lowest BCUT2D eigenvalue weighted by atomic mass is 9.82. The Morgan fingerprint density at radius 3 is 2.45 bits per heavy atom. The Bertz CT molecular complexity index is 462. The fraction of sp³-hybridized carbons (Fsp3) is 0.833. The van der Waals surface area contributed by atoms with E-state index in [1.807, 2.05) is 0 Å². The first-order valence-electron chi connectivity index (χ1n) is 6.83. The molecule has 0 aromatic carbocycles. The number of aromatic nitrogens is 2. The summed E-state index contributed by atoms with van der Waals surface area (Å²) in [4.78, 5) is 5.97. The second-order valence-corrected chi connectivity index (χ2v) is 6.39. The molecule has 0 aliphatic carbocycles. The van der Waals surface area contributed by atoms with E-state index >= 15 is 0 Å². The Hall–Kier alpha value is -0.890. The number of nitrogens with zero attached hydrogens (tertiary/aromatic N) is 3. The van der Waals surface area contributed by atoms with Gasteiger partial charge in [0.2, 0.25) is 11.0 Å². The molecule has 0 amide bonds. The van der Waals surface area contributed by atoms with Gasteiger partial charge in [0.1, 0.15) is 0 Å². The van der Waals surface area contributed by atoms with E-state index in [0.717, 1.165) is 24.4 Å². The van der Waals surface area contributed by atoms with Crippen molar-refractivity contribution in [3.8, 4) is 0 Å². The van der Waals surface area contributed by atoms with Crippen LogP contribution >= 0.6 is 11.5 Å². The highest BCUT2D eigenvalue weighted by atomic mass is 32.1. The Balaban J connectivity index is 1.65. The highest BCUT2D eigenvalue weighted by molar-refractivity contribution is 7.09. The molecule has 2 aliphatic rings. The van der Waals surface area contributed by atoms with Gasteiger partial charge in [-0.3, -0.25) is 0 Å². The van der Waals surface area contributed by atoms with Crippen molar-refractivity contribution in [3.05, 3.63) is 5.82 Å². The summed E-state index contributed by atoms with van der Waals surface area (Å²) in [5.74, 6) is -1.04. The SMILES string of the molecule is CN1C2CCCC1CC(Nc1nc(C(F)(F)F)ns1)C2. The van der Waals surface area contributed by atoms with Gasteiger partial charge < -0.3 is 10.2 Å². The maximum atomic E-state index is 12.5. The third kappa shape index (κ3) is 2.76. The highest BCUT2D eigenvalue weighted by Crippen LogP contribution is 2.35. The van der Waals surface area contributed by atoms with Crippen LogP contribution in [-0.2, 0) is 6.18 Å². The molecule has 2 saturated heterocycles. The number of fused-ring (bicyclic) bond motifs is 2. The Morgan fingerprint density at radius 1 is 1.25 bits per heavy atom. The van der Waals surface area contributed by atoms with E-state index in [0.29, 0.717) is 12.1 Å². The Labute approximate surface area is 119 Å². The monoisotopic (exact) mass is 306 g/mol. The van der Waals surface area contributed by atoms with Gasteiger partial charge in [-0.2, -0.15) is 22.5 Å². The minimum Gasteiger partial charge on any atom is -0.357 e. The van der Waals surface area contributed by atoms with Gasteiger partial charge in [0, 0.05) is 29.7 Å². The van der Waals surface area contributed by atoms with E-state index < -0.39 is 12.0 Å². The molecule has 0 saturated carbocycles. The summed E-state index contributed by atoms with van der Waals surface area (Å²) in [6, 6.07) is 1.28. The highest BCUT2D eigenvalue weighted by Gasteiger charge is 2.38. The van der Waals surface area contributed by atoms with Crippen LogP contribution in [0.15, 0.2) is 0 Å². The van der Waals surface area contributed by atoms with E-state index in [-0.39, 0.29) is 11.2 Å². The van der Waals surface area contributed by atoms with Gasteiger partial charge in [-0.15, -0.1) is 0 Å². The molecule has 3 rings (SSSR count). The van der Waals surface area contributed by atoms with Crippen molar-refractivity contribution < 1.29 is 13.2 Å². The Morgan fingerprint density at radius 2 is 1.90 bits per heavy atom. The molecule has 4 nitrogen and oxygen atoms in total. The molecular formula is C12H17F3N4S. The van der Waals surface area contributed by atoms with Crippen molar-refractivity contribution in [2.24, 2.45) is 0 Å². The van der Waals surface area contributed by atoms with Crippen molar-refractivity contribution >= 4 is 16.7 Å². The van der Waals surface area contributed by atoms with Gasteiger partial charge in [0.05, 0.1) is 0 Å². The van der Waals surface area contributed by atoms with Crippen molar-refractivity contribution in [1.82, 2.24) is 14.3 Å². The summed E-state index contributed by atoms with van der Waals surface area (Å²) in [5.41, 5.74) is 0. The maximum Gasteiger partial charge on any atom is 0.452 e. The molecule has 2 aliphatic heterocycles. The molecule has 1 aromatic rings. The maximum absolute atomic E-state index is 12.5. The lowest BCUT2D eigenvalue weighted by molar-refractivity contribution is -0.144. The number of piperidine rings is 2. The quantitative estimate of drug-likeness (QED) is 0.912. The van der Waals surface area contributed by atoms with Crippen LogP contribution in [0.5, 0.6) is 0 Å². The van der Waals surface area contributed by atoms with Crippen LogP contribution in [-0.4, -0.2) is 39.4 Å². The fourth-order valence-corrected chi connectivity index (χ4v) is 3.97. The smallest absolute Gasteiger partial charge is 0.357 e. The summed E-state index contributed by atoms with van der Waals surface area (Å²) >= 11 is 0.793. The molecule has 0 radical (unpaired) electrons. The first-order valence-corrected chi connectivity index (χ1v) is 7.60. The zero-order chi connectivity index (χ0) is 14.3. The number of anilines is 1. The normalized spacial score (nSPS) is 31.3. The van der Waals surface area contributed by atoms with Gasteiger partial charge in [0.25, 0.3) is 0 Å². The van der Waals surface area contributed by atoms with Crippen LogP contribution in [0.2, 0.25) is 0 Å². The summed E-state index contributed by atoms with van der Waals surface area (Å²) in [6.07, 6.45) is 1.08. The standard InChI is InChI=1S/C12H17F3N4S/c1-19-8-3-2-4-9(19)6-7(5-8)16-11-17-10(18-20-11)12(13,14)15/h7-9H,2-6H2,1H3,(H,16,17,18). The van der Waals surface area contributed by atoms with E-state index in [1.165, 1.54) is 19.3 Å². The fourth-order valence-electron chi connectivity index (χ4n) is 3.31. The van der Waals surface area contributed by atoms with Crippen LogP contribution in [0.3, 0.4) is 0 Å². The number of rotatable bonds is 2. The molecule has 2 unspecified atom stereocenters. The van der Waals surface area contributed by atoms with E-state index in [4.69, 9.17) is 0 Å². The molecule has 3 heterocycles. The van der Waals surface area contributed by atoms with Crippen molar-refractivity contribution in [2.45, 2.75) is 56.4 Å². The second kappa shape index (κ2) is 5.14. The van der Waals surface area contributed by atoms with Gasteiger partial charge in [-0.1, -0.05) is 6.42 Å². The third-order valence-corrected chi connectivity index (χ3v) is 4.99. The Kier molecular flexibility index (Phi) is 3.62. The zero-order valence-corrected chi connectivity index (χ0v) is 12.0. The van der Waals surface area contributed by atoms with Gasteiger partial charge in [0.15, 0.2) is 0 Å². The predicted octanol–water partition coefficient (Wildman–Crippen LogP) is 2.98. The van der Waals surface area contributed by atoms with E-state index in [9.17, 15) is 13.2 Å². The minimum absolute atomic E-state index is 0.204. The number of halogens is 3. The summed E-state index contributed by atoms with van der Waals surface area (Å²) in [5, 5.41) is 3.42. The largest absolute Gasteiger partial charge is 0.452 e. The van der Waals surface area contributed by atoms with Gasteiger partial charge in [-0.25, -0.2) is 0 Å². The third-order valence-electron chi connectivity index (χ3n) is 4.35. The minimum atomic E-state index is -4.46. The molecule has 1 N–H and O–H groups in total. The van der Waals surface area contributed by atoms with Crippen LogP contribution in [0.25, 0.3) is 0 Å². The average molecular weight is 306 g/mol. The number of alkyl halides is 3. The molecule has 20 heavy (non-hydrogen) atoms. The van der Waals surface area contributed by atoms with Crippen molar-refractivity contribution in [1.29, 1.82) is 0 Å². The lowest BCUT2D eigenvalue weighted by Crippen LogP contribution is -2.52. The lowest BCUT2D eigenvalue weighted by Gasteiger charge is -2.47. The zero-order valence-electron chi connectivity index (χ0n) is 11.2. The summed E-state index contributed by atoms with van der Waals surface area (Å²) in [6.45, 7) is 0. The van der Waals surface area contributed by atoms with Crippen LogP contribution < -0.4 is 5.32 Å². The van der Waals surface area contributed by atoms with E-state index in [2.05, 4.69) is 26.6 Å². The molecular weight excluding hydrogens is 289 g/mol. The summed E-state index contributed by atoms with van der Waals surface area (Å²) < 4.78 is 40.8. The van der Waals surface area contributed by atoms with Gasteiger partial charge in [-0.05, 0) is 32.7 Å². The summed E-state index contributed by atoms with van der Waals surface area (Å²) in [7, 11) is 2.15. The molecule has 2 fully saturated rings. The van der Waals surface area contributed by atoms with E-state index in [1.54, 1.807) is 0 Å². The molecule has 1 aromatic heterocycles. The molecule has 112 valence electrons. The second-order valence-electron chi connectivity index (χ2n) is 5.64. The number of nitrogens with one attached hydrogen (secondary N) is 1. The first-order chi connectivity index (χ1) is 9.43. The van der Waals surface area contributed by atoms with Crippen molar-refractivity contribution in [2.75, 3.05) is 12.4 Å². The molecule has 8 heteroatoms. The van der Waals surface area contributed by atoms with Crippen LogP contribution in [0.4, 0.5) is 18.3 Å². The molecule has 2 atom stereocenters. The average Bonchev–Trinajstić information content (AvgIpc) is 2.79. The van der Waals surface area contributed by atoms with Crippen LogP contribution in [0.1, 0.15) is 37.9 Å². The predicted molar refractivity (Wildman–Crippen MR) is 70.7 cm³/mol. The molecule has 2 bridgehead atoms. The number of hydrogen-bond donors (Lipinski definition) is 1. The topological polar surface area (TPSA) is 41.0 Å². The first kappa shape index (κ1) is 14.1. The van der Waals surface area contributed by atoms with Crippen LogP contribution in [0, 0.1) is 0 Å². The molecule has 0 spiro atoms. The number of hydrogen-bond acceptors (Lipinski definition) is 5.